The van der Waals surface area contributed by atoms with Crippen LogP contribution >= 0.6 is 0 Å². The first-order valence-corrected chi connectivity index (χ1v) is 7.41. The SMILES string of the molecule is [2H]C([2H])([2H])C1([2H])N(c2ccc(B3OC(C)(C)C(C)(C)O3)cc2)C([2H])(C([2H])([2H])[2H])C([2H])([2H])NC1([2H])[2H]. The maximum atomic E-state index is 8.75. The molecule has 2 atom stereocenters. The lowest BCUT2D eigenvalue weighted by atomic mass is 9.79. The Morgan fingerprint density at radius 1 is 1.13 bits per heavy atom. The molecule has 2 aliphatic heterocycles. The molecular formula is C18H29BN2O2. The van der Waals surface area contributed by atoms with E-state index >= 15 is 0 Å². The minimum Gasteiger partial charge on any atom is -0.399 e. The zero-order valence-corrected chi connectivity index (χ0v) is 13.7. The van der Waals surface area contributed by atoms with Crippen LogP contribution in [0.5, 0.6) is 0 Å². The van der Waals surface area contributed by atoms with Crippen LogP contribution in [0, 0.1) is 0 Å². The standard InChI is InChI=1S/C18H29BN2O2/c1-13-11-20-12-14(2)21(13)16-9-7-15(8-10-16)19-22-17(3,4)18(5,6)23-19/h7-10,13-14,20H,11-12H2,1-6H3/i1D3,2D3,11D2,12D2,13D,14D. The van der Waals surface area contributed by atoms with E-state index in [-0.39, 0.29) is 10.6 Å². The van der Waals surface area contributed by atoms with Crippen LogP contribution in [0.3, 0.4) is 0 Å². The van der Waals surface area contributed by atoms with E-state index in [0.717, 1.165) is 0 Å². The minimum absolute atomic E-state index is 0.213. The Balaban J connectivity index is 2.21. The number of anilines is 1. The van der Waals surface area contributed by atoms with Crippen molar-refractivity contribution in [2.75, 3.05) is 17.9 Å². The molecule has 4 nitrogen and oxygen atoms in total. The third-order valence-electron chi connectivity index (χ3n) is 4.49. The number of piperazine rings is 1. The highest BCUT2D eigenvalue weighted by atomic mass is 16.7. The summed E-state index contributed by atoms with van der Waals surface area (Å²) in [6.45, 7) is -6.18. The van der Waals surface area contributed by atoms with E-state index in [1.165, 1.54) is 24.3 Å². The molecular weight excluding hydrogens is 287 g/mol. The molecule has 2 aliphatic rings. The van der Waals surface area contributed by atoms with Crippen molar-refractivity contribution in [1.29, 1.82) is 0 Å². The molecule has 1 N–H and O–H groups in total. The zero-order valence-electron chi connectivity index (χ0n) is 25.7. The molecule has 1 aromatic carbocycles. The van der Waals surface area contributed by atoms with Crippen LogP contribution in [0.1, 0.15) is 57.8 Å². The van der Waals surface area contributed by atoms with Gasteiger partial charge < -0.3 is 19.5 Å². The number of benzene rings is 1. The number of rotatable bonds is 2. The van der Waals surface area contributed by atoms with Crippen molar-refractivity contribution < 1.29 is 25.8 Å². The molecule has 1 aromatic rings. The van der Waals surface area contributed by atoms with Gasteiger partial charge in [0.25, 0.3) is 0 Å². The minimum atomic E-state index is -3.50. The van der Waals surface area contributed by atoms with Gasteiger partial charge in [0.05, 0.1) is 13.9 Å². The zero-order chi connectivity index (χ0) is 27.3. The molecule has 3 rings (SSSR count). The van der Waals surface area contributed by atoms with Gasteiger partial charge in [-0.25, -0.2) is 0 Å². The molecule has 0 aromatic heterocycles. The quantitative estimate of drug-likeness (QED) is 0.844. The van der Waals surface area contributed by atoms with Crippen molar-refractivity contribution >= 4 is 18.3 Å². The summed E-state index contributed by atoms with van der Waals surface area (Å²) in [4.78, 5) is 0.213. The smallest absolute Gasteiger partial charge is 0.399 e. The lowest BCUT2D eigenvalue weighted by molar-refractivity contribution is 0.00578. The van der Waals surface area contributed by atoms with E-state index in [4.69, 9.17) is 25.8 Å². The van der Waals surface area contributed by atoms with Gasteiger partial charge in [-0.2, -0.15) is 0 Å². The Labute approximate surface area is 157 Å². The Bertz CT molecular complexity index is 927. The largest absolute Gasteiger partial charge is 0.494 e. The molecule has 2 heterocycles. The van der Waals surface area contributed by atoms with E-state index in [0.29, 0.717) is 5.46 Å². The van der Waals surface area contributed by atoms with Crippen LogP contribution < -0.4 is 15.7 Å². The summed E-state index contributed by atoms with van der Waals surface area (Å²) in [6.07, 6.45) is 0. The normalized spacial score (nSPS) is 49.4. The molecule has 0 aliphatic carbocycles. The van der Waals surface area contributed by atoms with E-state index in [9.17, 15) is 0 Å². The second-order valence-corrected chi connectivity index (χ2v) is 6.59. The molecule has 2 fully saturated rings. The molecule has 0 radical (unpaired) electrons. The highest BCUT2D eigenvalue weighted by Gasteiger charge is 2.51. The van der Waals surface area contributed by atoms with Gasteiger partial charge in [0, 0.05) is 44.4 Å². The Hall–Kier alpha value is -1.04. The summed E-state index contributed by atoms with van der Waals surface area (Å²) in [5.41, 5.74) is -1.18. The highest BCUT2D eigenvalue weighted by molar-refractivity contribution is 6.62. The average Bonchev–Trinajstić information content (AvgIpc) is 2.85. The first-order valence-electron chi connectivity index (χ1n) is 13.4. The molecule has 0 bridgehead atoms. The van der Waals surface area contributed by atoms with Gasteiger partial charge >= 0.3 is 7.12 Å². The molecule has 2 unspecified atom stereocenters. The number of nitrogens with one attached hydrogen (secondary N) is 1. The fourth-order valence-corrected chi connectivity index (χ4v) is 2.39. The van der Waals surface area contributed by atoms with Crippen LogP contribution in [-0.2, 0) is 9.31 Å². The van der Waals surface area contributed by atoms with Gasteiger partial charge in [0.15, 0.2) is 0 Å². The Morgan fingerprint density at radius 2 is 1.65 bits per heavy atom. The van der Waals surface area contributed by atoms with Gasteiger partial charge in [0.1, 0.15) is 0 Å². The van der Waals surface area contributed by atoms with Crippen molar-refractivity contribution in [3.05, 3.63) is 24.3 Å². The highest BCUT2D eigenvalue weighted by Crippen LogP contribution is 2.36. The first kappa shape index (κ1) is 7.46. The number of hydrogen-bond donors (Lipinski definition) is 1. The number of hydrogen-bond acceptors (Lipinski definition) is 4. The van der Waals surface area contributed by atoms with Gasteiger partial charge in [-0.15, -0.1) is 0 Å². The molecule has 23 heavy (non-hydrogen) atoms. The summed E-state index contributed by atoms with van der Waals surface area (Å²) in [6, 6.07) is -1.53. The molecule has 5 heteroatoms. The monoisotopic (exact) mass is 328 g/mol. The van der Waals surface area contributed by atoms with Gasteiger partial charge in [-0.3, -0.25) is 0 Å². The first-order chi connectivity index (χ1) is 15.4. The molecule has 0 spiro atoms. The Morgan fingerprint density at radius 3 is 2.13 bits per heavy atom. The van der Waals surface area contributed by atoms with E-state index in [1.54, 1.807) is 5.32 Å². The van der Waals surface area contributed by atoms with E-state index < -0.39 is 57.1 Å². The van der Waals surface area contributed by atoms with Gasteiger partial charge in [-0.1, -0.05) is 12.1 Å². The second-order valence-electron chi connectivity index (χ2n) is 6.59. The predicted molar refractivity (Wildman–Crippen MR) is 96.4 cm³/mol. The van der Waals surface area contributed by atoms with Crippen molar-refractivity contribution in [3.63, 3.8) is 0 Å². The van der Waals surface area contributed by atoms with Gasteiger partial charge in [-0.05, 0) is 59.0 Å². The van der Waals surface area contributed by atoms with Crippen LogP contribution in [-0.4, -0.2) is 43.3 Å². The molecule has 126 valence electrons. The maximum absolute atomic E-state index is 8.75. The summed E-state index contributed by atoms with van der Waals surface area (Å²) >= 11 is 0. The van der Waals surface area contributed by atoms with Gasteiger partial charge in [0.2, 0.25) is 0 Å². The summed E-state index contributed by atoms with van der Waals surface area (Å²) < 4.78 is 110. The third-order valence-corrected chi connectivity index (χ3v) is 4.49. The van der Waals surface area contributed by atoms with E-state index in [2.05, 4.69) is 0 Å². The van der Waals surface area contributed by atoms with E-state index in [1.807, 2.05) is 27.7 Å². The average molecular weight is 328 g/mol. The topological polar surface area (TPSA) is 33.7 Å². The fourth-order valence-electron chi connectivity index (χ4n) is 2.39. The second kappa shape index (κ2) is 5.80. The Kier molecular flexibility index (Phi) is 1.88. The predicted octanol–water partition coefficient (Wildman–Crippen LogP) is 2.17. The van der Waals surface area contributed by atoms with Crippen LogP contribution in [0.4, 0.5) is 5.69 Å². The summed E-state index contributed by atoms with van der Waals surface area (Å²) in [7, 11) is -0.818. The lowest BCUT2D eigenvalue weighted by Crippen LogP contribution is -2.55. The van der Waals surface area contributed by atoms with Crippen molar-refractivity contribution in [2.45, 2.75) is 64.6 Å². The maximum Gasteiger partial charge on any atom is 0.494 e. The summed E-state index contributed by atoms with van der Waals surface area (Å²) in [5.74, 6) is 0. The van der Waals surface area contributed by atoms with Crippen molar-refractivity contribution in [2.24, 2.45) is 0 Å². The lowest BCUT2D eigenvalue weighted by Gasteiger charge is -2.41. The molecule has 0 amide bonds. The number of nitrogens with zero attached hydrogens (tertiary/aromatic N) is 1. The molecule has 2 saturated heterocycles. The van der Waals surface area contributed by atoms with Crippen LogP contribution in [0.25, 0.3) is 0 Å². The molecule has 0 saturated carbocycles. The summed E-state index contributed by atoms with van der Waals surface area (Å²) in [5, 5.41) is 1.69. The fraction of sp³-hybridized carbons (Fsp3) is 0.667. The van der Waals surface area contributed by atoms with Crippen LogP contribution in [0.2, 0.25) is 0 Å². The van der Waals surface area contributed by atoms with Crippen molar-refractivity contribution in [1.82, 2.24) is 5.32 Å². The van der Waals surface area contributed by atoms with Crippen LogP contribution in [0.15, 0.2) is 24.3 Å². The third kappa shape index (κ3) is 3.02. The van der Waals surface area contributed by atoms with Crippen molar-refractivity contribution in [3.8, 4) is 0 Å².